The standard InChI is InChI=1S/C22H26N4O2/c1-2-16-20(26-8-6-22(7-9-26)4-3-5-22)17-14-19(25-10-12-28-13-11-25)23-15-18(17)24-21(16)27/h1,14-15H,3-13H2,(H,24,27). The van der Waals surface area contributed by atoms with Gasteiger partial charge in [-0.25, -0.2) is 4.98 Å². The van der Waals surface area contributed by atoms with Crippen molar-refractivity contribution in [2.45, 2.75) is 32.1 Å². The van der Waals surface area contributed by atoms with E-state index in [9.17, 15) is 4.79 Å². The van der Waals surface area contributed by atoms with Gasteiger partial charge < -0.3 is 19.5 Å². The van der Waals surface area contributed by atoms with Crippen molar-refractivity contribution in [2.24, 2.45) is 5.41 Å². The van der Waals surface area contributed by atoms with Gasteiger partial charge >= 0.3 is 0 Å². The molecule has 1 spiro atoms. The van der Waals surface area contributed by atoms with Crippen molar-refractivity contribution in [2.75, 3.05) is 49.2 Å². The van der Waals surface area contributed by atoms with E-state index in [0.29, 0.717) is 24.2 Å². The number of aromatic amines is 1. The largest absolute Gasteiger partial charge is 0.378 e. The van der Waals surface area contributed by atoms with Crippen molar-refractivity contribution in [3.8, 4) is 12.3 Å². The monoisotopic (exact) mass is 378 g/mol. The summed E-state index contributed by atoms with van der Waals surface area (Å²) in [6.07, 6.45) is 14.0. The molecule has 3 aliphatic rings. The van der Waals surface area contributed by atoms with Gasteiger partial charge in [0.2, 0.25) is 0 Å². The Kier molecular flexibility index (Phi) is 4.28. The summed E-state index contributed by atoms with van der Waals surface area (Å²) in [5.74, 6) is 3.58. The van der Waals surface area contributed by atoms with Gasteiger partial charge in [0.05, 0.1) is 30.6 Å². The molecule has 4 heterocycles. The molecule has 2 saturated heterocycles. The van der Waals surface area contributed by atoms with Crippen molar-refractivity contribution in [1.82, 2.24) is 9.97 Å². The third-order valence-electron chi connectivity index (χ3n) is 6.89. The molecule has 0 aromatic carbocycles. The topological polar surface area (TPSA) is 61.5 Å². The fraction of sp³-hybridized carbons (Fsp3) is 0.545. The second-order valence-electron chi connectivity index (χ2n) is 8.35. The van der Waals surface area contributed by atoms with E-state index >= 15 is 0 Å². The molecule has 0 bridgehead atoms. The Labute approximate surface area is 164 Å². The van der Waals surface area contributed by atoms with Crippen LogP contribution in [-0.4, -0.2) is 49.4 Å². The zero-order valence-corrected chi connectivity index (χ0v) is 16.2. The van der Waals surface area contributed by atoms with Gasteiger partial charge in [0.15, 0.2) is 0 Å². The van der Waals surface area contributed by atoms with Crippen LogP contribution in [0.2, 0.25) is 0 Å². The van der Waals surface area contributed by atoms with E-state index < -0.39 is 0 Å². The van der Waals surface area contributed by atoms with Crippen LogP contribution in [0, 0.1) is 17.8 Å². The van der Waals surface area contributed by atoms with E-state index in [4.69, 9.17) is 11.2 Å². The number of terminal acetylenes is 1. The molecule has 5 rings (SSSR count). The molecule has 1 N–H and O–H groups in total. The molecule has 28 heavy (non-hydrogen) atoms. The van der Waals surface area contributed by atoms with E-state index in [-0.39, 0.29) is 5.56 Å². The summed E-state index contributed by atoms with van der Waals surface area (Å²) in [5.41, 5.74) is 2.45. The number of nitrogens with zero attached hydrogens (tertiary/aromatic N) is 3. The minimum Gasteiger partial charge on any atom is -0.378 e. The molecule has 146 valence electrons. The SMILES string of the molecule is C#Cc1c(N2CCC3(CCC3)CC2)c2cc(N3CCOCC3)ncc2[nH]c1=O. The first-order valence-electron chi connectivity index (χ1n) is 10.3. The van der Waals surface area contributed by atoms with E-state index in [0.717, 1.165) is 48.6 Å². The third kappa shape index (κ3) is 2.85. The summed E-state index contributed by atoms with van der Waals surface area (Å²) < 4.78 is 5.46. The van der Waals surface area contributed by atoms with Crippen LogP contribution in [0.1, 0.15) is 37.7 Å². The van der Waals surface area contributed by atoms with Gasteiger partial charge in [0.1, 0.15) is 11.4 Å². The van der Waals surface area contributed by atoms with E-state index in [1.165, 1.54) is 32.1 Å². The predicted molar refractivity (Wildman–Crippen MR) is 111 cm³/mol. The first-order chi connectivity index (χ1) is 13.7. The lowest BCUT2D eigenvalue weighted by molar-refractivity contribution is 0.0956. The molecule has 1 aliphatic carbocycles. The Morgan fingerprint density at radius 1 is 1.11 bits per heavy atom. The number of hydrogen-bond acceptors (Lipinski definition) is 5. The molecule has 0 unspecified atom stereocenters. The molecule has 3 fully saturated rings. The van der Waals surface area contributed by atoms with Crippen LogP contribution in [0.3, 0.4) is 0 Å². The van der Waals surface area contributed by atoms with Gasteiger partial charge in [-0.1, -0.05) is 12.3 Å². The summed E-state index contributed by atoms with van der Waals surface area (Å²) in [5, 5.41) is 0.994. The normalized spacial score (nSPS) is 21.5. The van der Waals surface area contributed by atoms with Crippen molar-refractivity contribution >= 4 is 22.4 Å². The average Bonchev–Trinajstić information content (AvgIpc) is 2.72. The second-order valence-corrected chi connectivity index (χ2v) is 8.35. The maximum Gasteiger partial charge on any atom is 0.266 e. The minimum atomic E-state index is -0.199. The quantitative estimate of drug-likeness (QED) is 0.814. The fourth-order valence-corrected chi connectivity index (χ4v) is 4.98. The highest BCUT2D eigenvalue weighted by molar-refractivity contribution is 5.95. The lowest BCUT2D eigenvalue weighted by Crippen LogP contribution is -2.44. The van der Waals surface area contributed by atoms with Crippen LogP contribution >= 0.6 is 0 Å². The molecule has 2 aromatic rings. The summed E-state index contributed by atoms with van der Waals surface area (Å²) >= 11 is 0. The number of anilines is 2. The Morgan fingerprint density at radius 3 is 2.50 bits per heavy atom. The summed E-state index contributed by atoms with van der Waals surface area (Å²) in [6, 6.07) is 2.08. The molecule has 2 aromatic heterocycles. The van der Waals surface area contributed by atoms with Crippen LogP contribution in [0.5, 0.6) is 0 Å². The van der Waals surface area contributed by atoms with Gasteiger partial charge in [-0.05, 0) is 37.2 Å². The Morgan fingerprint density at radius 2 is 1.86 bits per heavy atom. The number of morpholine rings is 1. The lowest BCUT2D eigenvalue weighted by atomic mass is 9.63. The van der Waals surface area contributed by atoms with Crippen LogP contribution in [0.25, 0.3) is 10.9 Å². The molecule has 0 radical (unpaired) electrons. The number of hydrogen-bond donors (Lipinski definition) is 1. The molecule has 6 nitrogen and oxygen atoms in total. The number of piperidine rings is 1. The minimum absolute atomic E-state index is 0.199. The third-order valence-corrected chi connectivity index (χ3v) is 6.89. The first kappa shape index (κ1) is 17.6. The molecular weight excluding hydrogens is 352 g/mol. The Balaban J connectivity index is 1.58. The zero-order valence-electron chi connectivity index (χ0n) is 16.2. The Hall–Kier alpha value is -2.52. The maximum absolute atomic E-state index is 12.6. The van der Waals surface area contributed by atoms with Crippen LogP contribution in [0.15, 0.2) is 17.1 Å². The van der Waals surface area contributed by atoms with Crippen molar-refractivity contribution in [3.05, 3.63) is 28.2 Å². The van der Waals surface area contributed by atoms with E-state index in [1.807, 2.05) is 0 Å². The van der Waals surface area contributed by atoms with Gasteiger partial charge in [0.25, 0.3) is 5.56 Å². The fourth-order valence-electron chi connectivity index (χ4n) is 4.98. The first-order valence-corrected chi connectivity index (χ1v) is 10.3. The number of ether oxygens (including phenoxy) is 1. The number of fused-ring (bicyclic) bond motifs is 1. The average molecular weight is 378 g/mol. The molecule has 6 heteroatoms. The van der Waals surface area contributed by atoms with Gasteiger partial charge in [0, 0.05) is 31.6 Å². The van der Waals surface area contributed by atoms with Gasteiger partial charge in [-0.2, -0.15) is 0 Å². The van der Waals surface area contributed by atoms with Crippen molar-refractivity contribution in [3.63, 3.8) is 0 Å². The van der Waals surface area contributed by atoms with Crippen molar-refractivity contribution in [1.29, 1.82) is 0 Å². The molecule has 1 saturated carbocycles. The van der Waals surface area contributed by atoms with Crippen molar-refractivity contribution < 1.29 is 4.74 Å². The predicted octanol–water partition coefficient (Wildman–Crippen LogP) is 2.51. The van der Waals surface area contributed by atoms with Gasteiger partial charge in [-0.15, -0.1) is 6.42 Å². The number of H-pyrrole nitrogens is 1. The summed E-state index contributed by atoms with van der Waals surface area (Å²) in [6.45, 7) is 4.99. The highest BCUT2D eigenvalue weighted by atomic mass is 16.5. The second kappa shape index (κ2) is 6.82. The number of nitrogens with one attached hydrogen (secondary N) is 1. The number of pyridine rings is 2. The van der Waals surface area contributed by atoms with E-state index in [1.54, 1.807) is 6.20 Å². The Bertz CT molecular complexity index is 986. The van der Waals surface area contributed by atoms with Gasteiger partial charge in [-0.3, -0.25) is 4.79 Å². The lowest BCUT2D eigenvalue weighted by Gasteiger charge is -2.48. The van der Waals surface area contributed by atoms with Crippen LogP contribution in [-0.2, 0) is 4.74 Å². The van der Waals surface area contributed by atoms with Crippen LogP contribution < -0.4 is 15.4 Å². The molecular formula is C22H26N4O2. The smallest absolute Gasteiger partial charge is 0.266 e. The highest BCUT2D eigenvalue weighted by Crippen LogP contribution is 2.49. The van der Waals surface area contributed by atoms with E-state index in [2.05, 4.69) is 31.8 Å². The molecule has 0 atom stereocenters. The summed E-state index contributed by atoms with van der Waals surface area (Å²) in [7, 11) is 0. The zero-order chi connectivity index (χ0) is 19.1. The molecule has 0 amide bonds. The number of aromatic nitrogens is 2. The highest BCUT2D eigenvalue weighted by Gasteiger charge is 2.40. The number of rotatable bonds is 2. The summed E-state index contributed by atoms with van der Waals surface area (Å²) in [4.78, 5) is 24.7. The van der Waals surface area contributed by atoms with Crippen LogP contribution in [0.4, 0.5) is 11.5 Å². The molecule has 2 aliphatic heterocycles. The maximum atomic E-state index is 12.6.